The number of benzene rings is 12. The van der Waals surface area contributed by atoms with Crippen LogP contribution < -0.4 is 9.80 Å². The first kappa shape index (κ1) is 38.7. The number of fused-ring (bicyclic) bond motifs is 2. The van der Waals surface area contributed by atoms with E-state index in [1.54, 1.807) is 24.3 Å². The monoisotopic (exact) mass is 1000 g/mol. The Labute approximate surface area is 469 Å². The van der Waals surface area contributed by atoms with Crippen molar-refractivity contribution in [2.45, 2.75) is 25.5 Å². The van der Waals surface area contributed by atoms with Crippen LogP contribution in [0.2, 0.25) is 0 Å². The molecule has 0 atom stereocenters. The van der Waals surface area contributed by atoms with E-state index in [2.05, 4.69) is 240 Å². The fraction of sp³-hybridized carbons (Fsp3) is 0.0526. The summed E-state index contributed by atoms with van der Waals surface area (Å²) in [7, 11) is 0. The molecule has 0 radical (unpaired) electrons. The lowest BCUT2D eigenvalue weighted by Crippen LogP contribution is -2.11. The third-order valence-electron chi connectivity index (χ3n) is 15.1. The highest BCUT2D eigenvalue weighted by molar-refractivity contribution is 5.93. The van der Waals surface area contributed by atoms with Crippen molar-refractivity contribution in [3.8, 4) is 77.9 Å². The molecule has 2 nitrogen and oxygen atoms in total. The summed E-state index contributed by atoms with van der Waals surface area (Å²) < 4.78 is 67.3. The Kier molecular flexibility index (Phi) is 10.1. The third kappa shape index (κ3) is 9.08. The van der Waals surface area contributed by atoms with Crippen molar-refractivity contribution in [3.05, 3.63) is 313 Å². The molecule has 2 heteroatoms. The lowest BCUT2D eigenvalue weighted by atomic mass is 9.86. The van der Waals surface area contributed by atoms with Gasteiger partial charge >= 0.3 is 0 Å². The maximum atomic E-state index is 8.50. The molecule has 2 aliphatic carbocycles. The molecule has 0 aromatic heterocycles. The number of aryl methyl sites for hydroxylation is 4. The van der Waals surface area contributed by atoms with E-state index < -0.39 is 25.5 Å². The van der Waals surface area contributed by atoms with Crippen molar-refractivity contribution in [3.63, 3.8) is 0 Å². The summed E-state index contributed by atoms with van der Waals surface area (Å²) in [6, 6.07) is 99.8. The van der Waals surface area contributed by atoms with Crippen molar-refractivity contribution < 1.29 is 11.0 Å². The van der Waals surface area contributed by atoms with Gasteiger partial charge in [-0.1, -0.05) is 218 Å². The van der Waals surface area contributed by atoms with Crippen molar-refractivity contribution in [2.24, 2.45) is 0 Å². The molecule has 78 heavy (non-hydrogen) atoms. The minimum absolute atomic E-state index is 0.390. The topological polar surface area (TPSA) is 6.48 Å². The van der Waals surface area contributed by atoms with Crippen molar-refractivity contribution in [1.29, 1.82) is 0 Å². The summed E-state index contributed by atoms with van der Waals surface area (Å²) in [5.41, 5.74) is 21.5. The van der Waals surface area contributed by atoms with Crippen molar-refractivity contribution in [1.82, 2.24) is 0 Å². The smallest absolute Gasteiger partial charge is 0.0540 e. The SMILES string of the molecule is [2H]C1([2H])c2ccc(-c3ccc(N(c4ccc(-c5ccc(N(c6ccc(-c7ccc8c(c7)C([2H])([2H])C8([2H])[2H])cc6)c6ccc(-c7ccccc7)cc6-c6ccccc6)cc5)cc4)c4ccc(-c5ccccc5)cc4-c4ccccc4)cc3)cc2C1([2H])[2H]. The summed E-state index contributed by atoms with van der Waals surface area (Å²) >= 11 is 0. The maximum absolute atomic E-state index is 8.50. The molecule has 0 aliphatic heterocycles. The van der Waals surface area contributed by atoms with Gasteiger partial charge in [0, 0.05) is 44.8 Å². The molecule has 0 N–H and O–H groups in total. The van der Waals surface area contributed by atoms with Gasteiger partial charge in [0.1, 0.15) is 0 Å². The van der Waals surface area contributed by atoms with Gasteiger partial charge in [-0.2, -0.15) is 0 Å². The molecule has 0 amide bonds. The summed E-state index contributed by atoms with van der Waals surface area (Å²) in [5, 5.41) is 0. The van der Waals surface area contributed by atoms with Gasteiger partial charge in [-0.25, -0.2) is 0 Å². The predicted molar refractivity (Wildman–Crippen MR) is 329 cm³/mol. The molecule has 0 saturated heterocycles. The maximum Gasteiger partial charge on any atom is 0.0540 e. The minimum Gasteiger partial charge on any atom is -0.310 e. The molecule has 0 bridgehead atoms. The molecule has 0 heterocycles. The number of nitrogens with zero attached hydrogens (tertiary/aromatic N) is 2. The van der Waals surface area contributed by atoms with Gasteiger partial charge in [-0.3, -0.25) is 0 Å². The molecule has 0 fully saturated rings. The lowest BCUT2D eigenvalue weighted by Gasteiger charge is -2.29. The number of hydrogen-bond donors (Lipinski definition) is 0. The van der Waals surface area contributed by atoms with Crippen LogP contribution in [0.1, 0.15) is 33.2 Å². The van der Waals surface area contributed by atoms with Crippen LogP contribution in [-0.4, -0.2) is 0 Å². The highest BCUT2D eigenvalue weighted by Gasteiger charge is 2.22. The Balaban J connectivity index is 0.844. The number of rotatable bonds is 13. The van der Waals surface area contributed by atoms with E-state index >= 15 is 0 Å². The van der Waals surface area contributed by atoms with Crippen molar-refractivity contribution >= 4 is 34.1 Å². The van der Waals surface area contributed by atoms with E-state index in [1.807, 2.05) is 36.4 Å². The molecule has 2 aliphatic rings. The quantitative estimate of drug-likeness (QED) is 0.114. The molecule has 0 saturated carbocycles. The highest BCUT2D eigenvalue weighted by atomic mass is 15.1. The van der Waals surface area contributed by atoms with Crippen LogP contribution in [0.15, 0.2) is 291 Å². The summed E-state index contributed by atoms with van der Waals surface area (Å²) in [4.78, 5) is 4.57. The molecule has 12 aromatic rings. The van der Waals surface area contributed by atoms with Gasteiger partial charge in [0.25, 0.3) is 0 Å². The van der Waals surface area contributed by atoms with Crippen LogP contribution in [0, 0.1) is 0 Å². The van der Waals surface area contributed by atoms with Crippen molar-refractivity contribution in [2.75, 3.05) is 9.80 Å². The first-order valence-electron chi connectivity index (χ1n) is 30.5. The Morgan fingerprint density at radius 3 is 0.782 bits per heavy atom. The van der Waals surface area contributed by atoms with Gasteiger partial charge in [-0.05, 0) is 187 Å². The Morgan fingerprint density at radius 2 is 0.449 bits per heavy atom. The first-order chi connectivity index (χ1) is 41.7. The fourth-order valence-corrected chi connectivity index (χ4v) is 10.9. The van der Waals surface area contributed by atoms with Gasteiger partial charge in [-0.15, -0.1) is 0 Å². The first-order valence-corrected chi connectivity index (χ1v) is 26.5. The van der Waals surface area contributed by atoms with E-state index in [1.165, 1.54) is 0 Å². The fourth-order valence-electron chi connectivity index (χ4n) is 10.9. The van der Waals surface area contributed by atoms with Gasteiger partial charge < -0.3 is 9.80 Å². The molecule has 370 valence electrons. The van der Waals surface area contributed by atoms with Gasteiger partial charge in [0.15, 0.2) is 0 Å². The summed E-state index contributed by atoms with van der Waals surface area (Å²) in [6.07, 6.45) is -8.21. The molecular weight excluding hydrogens is 941 g/mol. The summed E-state index contributed by atoms with van der Waals surface area (Å²) in [5.74, 6) is 0. The predicted octanol–water partition coefficient (Wildman–Crippen LogP) is 20.5. The van der Waals surface area contributed by atoms with Crippen LogP contribution in [0.3, 0.4) is 0 Å². The highest BCUT2D eigenvalue weighted by Crippen LogP contribution is 2.46. The largest absolute Gasteiger partial charge is 0.310 e. The zero-order valence-electron chi connectivity index (χ0n) is 50.6. The molecule has 12 aromatic carbocycles. The minimum atomic E-state index is -2.07. The molecular formula is C76H56N2. The van der Waals surface area contributed by atoms with Crippen LogP contribution in [0.25, 0.3) is 77.9 Å². The standard InChI is InChI=1S/C76H56N2/c1-5-13-53(14-6-1)67-37-47-75(73(51-67)61-17-9-3-10-18-61)77(71-43-33-59(34-44-71)65-27-23-57-21-25-63(57)49-65)69-39-29-55(30-40-69)56-31-41-70(42-32-56)78(72-45-35-60(36-46-72)66-28-24-58-22-26-64(58)50-66)76-48-38-68(54-15-7-2-8-16-54)52-74(76)62-19-11-4-12-20-62/h1-20,23-24,27-52H,21-22,25-26H2/i21D2,22D2,25D2,26D2. The molecule has 0 unspecified atom stereocenters. The third-order valence-corrected chi connectivity index (χ3v) is 15.1. The second-order valence-electron chi connectivity index (χ2n) is 19.8. The van der Waals surface area contributed by atoms with E-state index in [4.69, 9.17) is 11.0 Å². The second-order valence-corrected chi connectivity index (χ2v) is 19.8. The normalized spacial score (nSPS) is 16.3. The van der Waals surface area contributed by atoms with Gasteiger partial charge in [0.2, 0.25) is 0 Å². The number of anilines is 6. The second kappa shape index (κ2) is 20.4. The van der Waals surface area contributed by atoms with E-state index in [0.717, 1.165) is 112 Å². The lowest BCUT2D eigenvalue weighted by molar-refractivity contribution is 0.840. The Bertz CT molecular complexity index is 4190. The Hall–Kier alpha value is -9.76. The van der Waals surface area contributed by atoms with E-state index in [0.29, 0.717) is 22.3 Å². The van der Waals surface area contributed by atoms with Crippen LogP contribution in [0.4, 0.5) is 34.1 Å². The average molecular weight is 1010 g/mol. The average Bonchev–Trinajstić information content (AvgIpc) is 0.720. The Morgan fingerprint density at radius 1 is 0.205 bits per heavy atom. The molecule has 14 rings (SSSR count). The number of hydrogen-bond acceptors (Lipinski definition) is 2. The molecule has 0 spiro atoms. The van der Waals surface area contributed by atoms with Crippen LogP contribution in [0.5, 0.6) is 0 Å². The summed E-state index contributed by atoms with van der Waals surface area (Å²) in [6.45, 7) is 0. The zero-order valence-corrected chi connectivity index (χ0v) is 42.6. The van der Waals surface area contributed by atoms with Gasteiger partial charge in [0.05, 0.1) is 11.4 Å². The zero-order chi connectivity index (χ0) is 59.0. The van der Waals surface area contributed by atoms with E-state index in [9.17, 15) is 0 Å². The van der Waals surface area contributed by atoms with Crippen LogP contribution in [-0.2, 0) is 25.5 Å². The van der Waals surface area contributed by atoms with Crippen LogP contribution >= 0.6 is 0 Å². The van der Waals surface area contributed by atoms with E-state index in [-0.39, 0.29) is 0 Å².